The quantitative estimate of drug-likeness (QED) is 0.509. The molecule has 8 nitrogen and oxygen atoms in total. The number of fused-ring (bicyclic) bond motifs is 2. The number of carboxylic acids is 1. The fraction of sp³-hybridized carbons (Fsp3) is 0.379. The Morgan fingerprint density at radius 3 is 2.61 bits per heavy atom. The summed E-state index contributed by atoms with van der Waals surface area (Å²) in [5.41, 5.74) is 4.36. The van der Waals surface area contributed by atoms with Crippen molar-refractivity contribution in [2.75, 3.05) is 23.0 Å². The number of pyridine rings is 1. The summed E-state index contributed by atoms with van der Waals surface area (Å²) in [6.45, 7) is 7.18. The van der Waals surface area contributed by atoms with Gasteiger partial charge in [0.25, 0.3) is 0 Å². The van der Waals surface area contributed by atoms with Crippen LogP contribution in [0.5, 0.6) is 0 Å². The predicted octanol–water partition coefficient (Wildman–Crippen LogP) is 4.78. The molecule has 3 aliphatic rings. The Hall–Kier alpha value is -4.01. The van der Waals surface area contributed by atoms with Gasteiger partial charge in [-0.3, -0.25) is 14.5 Å². The minimum atomic E-state index is -0.686. The van der Waals surface area contributed by atoms with Gasteiger partial charge in [-0.25, -0.2) is 9.37 Å². The van der Waals surface area contributed by atoms with Gasteiger partial charge >= 0.3 is 5.97 Å². The zero-order valence-corrected chi connectivity index (χ0v) is 21.9. The molecular formula is C29H31FN6O2. The summed E-state index contributed by atoms with van der Waals surface area (Å²) >= 11 is 0. The molecule has 0 radical (unpaired) electrons. The highest BCUT2D eigenvalue weighted by molar-refractivity contribution is 6.21. The Balaban J connectivity index is 1.33. The lowest BCUT2D eigenvalue weighted by atomic mass is 9.95. The SMILES string of the molecule is CC(C)/C(F)=C\C=C1\C(c2cccc3nn(C)cc23)=NN(c2ccc(N3CC4C(C3)C4C(=O)O)nc2)C1C. The van der Waals surface area contributed by atoms with E-state index in [1.165, 1.54) is 0 Å². The van der Waals surface area contributed by atoms with Gasteiger partial charge in [-0.05, 0) is 43.0 Å². The van der Waals surface area contributed by atoms with Gasteiger partial charge < -0.3 is 10.0 Å². The van der Waals surface area contributed by atoms with Crippen molar-refractivity contribution in [3.63, 3.8) is 0 Å². The first-order chi connectivity index (χ1) is 18.2. The monoisotopic (exact) mass is 514 g/mol. The first-order valence-corrected chi connectivity index (χ1v) is 13.0. The van der Waals surface area contributed by atoms with E-state index in [2.05, 4.69) is 16.9 Å². The van der Waals surface area contributed by atoms with Crippen LogP contribution in [0.15, 0.2) is 71.4 Å². The first kappa shape index (κ1) is 24.3. The molecule has 3 unspecified atom stereocenters. The lowest BCUT2D eigenvalue weighted by Crippen LogP contribution is -2.27. The van der Waals surface area contributed by atoms with Crippen molar-refractivity contribution in [3.05, 3.63) is 71.8 Å². The zero-order valence-electron chi connectivity index (χ0n) is 21.9. The van der Waals surface area contributed by atoms with E-state index in [1.54, 1.807) is 10.8 Å². The third-order valence-electron chi connectivity index (χ3n) is 7.99. The molecule has 196 valence electrons. The number of halogens is 1. The second-order valence-electron chi connectivity index (χ2n) is 10.8. The Labute approximate surface area is 220 Å². The average molecular weight is 515 g/mol. The number of benzene rings is 1. The van der Waals surface area contributed by atoms with E-state index in [0.717, 1.165) is 52.3 Å². The minimum absolute atomic E-state index is 0.142. The number of piperidine rings is 1. The van der Waals surface area contributed by atoms with Crippen LogP contribution < -0.4 is 9.91 Å². The summed E-state index contributed by atoms with van der Waals surface area (Å²) in [5, 5.41) is 21.8. The van der Waals surface area contributed by atoms with Gasteiger partial charge in [0.15, 0.2) is 0 Å². The number of carbonyl (C=O) groups is 1. The molecule has 1 saturated carbocycles. The number of anilines is 2. The van der Waals surface area contributed by atoms with Crippen molar-refractivity contribution in [1.82, 2.24) is 14.8 Å². The fourth-order valence-corrected chi connectivity index (χ4v) is 5.80. The van der Waals surface area contributed by atoms with E-state index in [9.17, 15) is 14.3 Å². The second kappa shape index (κ2) is 9.08. The largest absolute Gasteiger partial charge is 0.481 e. The van der Waals surface area contributed by atoms with Crippen LogP contribution in [-0.4, -0.2) is 50.7 Å². The highest BCUT2D eigenvalue weighted by atomic mass is 19.1. The van der Waals surface area contributed by atoms with E-state index in [4.69, 9.17) is 10.1 Å². The Morgan fingerprint density at radius 1 is 1.18 bits per heavy atom. The molecule has 4 heterocycles. The zero-order chi connectivity index (χ0) is 26.7. The molecule has 1 N–H and O–H groups in total. The maximum Gasteiger partial charge on any atom is 0.307 e. The number of aliphatic carboxylic acids is 1. The van der Waals surface area contributed by atoms with E-state index < -0.39 is 5.97 Å². The summed E-state index contributed by atoms with van der Waals surface area (Å²) in [7, 11) is 1.89. The van der Waals surface area contributed by atoms with Gasteiger partial charge in [-0.2, -0.15) is 10.2 Å². The van der Waals surface area contributed by atoms with Crippen LogP contribution in [0, 0.1) is 23.7 Å². The summed E-state index contributed by atoms with van der Waals surface area (Å²) in [5.74, 6) is 0.0343. The number of rotatable bonds is 6. The smallest absolute Gasteiger partial charge is 0.307 e. The third-order valence-corrected chi connectivity index (χ3v) is 7.99. The molecule has 2 fully saturated rings. The minimum Gasteiger partial charge on any atom is -0.481 e. The average Bonchev–Trinajstić information content (AvgIpc) is 3.18. The molecule has 9 heteroatoms. The van der Waals surface area contributed by atoms with Gasteiger partial charge in [0.1, 0.15) is 11.6 Å². The maximum atomic E-state index is 14.5. The molecule has 1 saturated heterocycles. The van der Waals surface area contributed by atoms with Gasteiger partial charge in [0.2, 0.25) is 0 Å². The normalized spacial score (nSPS) is 26.0. The molecule has 3 aromatic rings. The topological polar surface area (TPSA) is 86.9 Å². The maximum absolute atomic E-state index is 14.5. The lowest BCUT2D eigenvalue weighted by molar-refractivity contribution is -0.139. The van der Waals surface area contributed by atoms with Crippen molar-refractivity contribution in [2.45, 2.75) is 26.8 Å². The number of nitrogens with zero attached hydrogens (tertiary/aromatic N) is 6. The molecule has 3 atom stereocenters. The molecule has 2 aromatic heterocycles. The van der Waals surface area contributed by atoms with Crippen molar-refractivity contribution in [1.29, 1.82) is 0 Å². The number of carboxylic acid groups (broad SMARTS) is 1. The van der Waals surface area contributed by atoms with E-state index in [1.807, 2.05) is 74.7 Å². The Bertz CT molecular complexity index is 1490. The van der Waals surface area contributed by atoms with Crippen LogP contribution in [0.3, 0.4) is 0 Å². The number of hydrogen-bond donors (Lipinski definition) is 1. The highest BCUT2D eigenvalue weighted by Gasteiger charge is 2.60. The highest BCUT2D eigenvalue weighted by Crippen LogP contribution is 2.52. The van der Waals surface area contributed by atoms with Crippen LogP contribution in [-0.2, 0) is 11.8 Å². The number of aromatic nitrogens is 3. The summed E-state index contributed by atoms with van der Waals surface area (Å²) in [6, 6.07) is 9.79. The number of hydrazone groups is 1. The van der Waals surface area contributed by atoms with Crippen molar-refractivity contribution < 1.29 is 14.3 Å². The molecule has 6 rings (SSSR count). The standard InChI is InChI=1S/C29H31FN6O2/c1-16(2)24(30)10-9-19-17(3)36(33-28(19)20-6-5-7-25-21(20)13-34(4)32-25)18-8-11-26(31-12-18)35-14-22-23(15-35)27(22)29(37)38/h5-13,16-17,22-23,27H,14-15H2,1-4H3,(H,37,38)/b19-9+,24-10+. The van der Waals surface area contributed by atoms with Gasteiger partial charge in [0, 0.05) is 48.8 Å². The summed E-state index contributed by atoms with van der Waals surface area (Å²) < 4.78 is 16.3. The van der Waals surface area contributed by atoms with Crippen LogP contribution in [0.2, 0.25) is 0 Å². The molecule has 0 bridgehead atoms. The van der Waals surface area contributed by atoms with Gasteiger partial charge in [-0.1, -0.05) is 32.1 Å². The summed E-state index contributed by atoms with van der Waals surface area (Å²) in [6.07, 6.45) is 7.17. The fourth-order valence-electron chi connectivity index (χ4n) is 5.80. The lowest BCUT2D eigenvalue weighted by Gasteiger charge is -2.23. The van der Waals surface area contributed by atoms with Gasteiger partial charge in [0.05, 0.1) is 35.1 Å². The van der Waals surface area contributed by atoms with Crippen LogP contribution in [0.25, 0.3) is 10.9 Å². The van der Waals surface area contributed by atoms with Crippen LogP contribution >= 0.6 is 0 Å². The molecule has 0 spiro atoms. The molecule has 2 aliphatic heterocycles. The molecule has 0 amide bonds. The van der Waals surface area contributed by atoms with Crippen molar-refractivity contribution >= 4 is 34.1 Å². The van der Waals surface area contributed by atoms with E-state index >= 15 is 0 Å². The second-order valence-corrected chi connectivity index (χ2v) is 10.8. The van der Waals surface area contributed by atoms with Gasteiger partial charge in [-0.15, -0.1) is 0 Å². The van der Waals surface area contributed by atoms with Crippen LogP contribution in [0.4, 0.5) is 15.9 Å². The molecule has 1 aromatic carbocycles. The molecule has 1 aliphatic carbocycles. The molecular weight excluding hydrogens is 483 g/mol. The van der Waals surface area contributed by atoms with Crippen molar-refractivity contribution in [2.24, 2.45) is 35.8 Å². The number of hydrogen-bond acceptors (Lipinski definition) is 6. The number of aryl methyl sites for hydroxylation is 1. The van der Waals surface area contributed by atoms with E-state index in [0.29, 0.717) is 0 Å². The Morgan fingerprint density at radius 2 is 1.95 bits per heavy atom. The molecule has 38 heavy (non-hydrogen) atoms. The Kier molecular flexibility index (Phi) is 5.81. The van der Waals surface area contributed by atoms with Crippen LogP contribution in [0.1, 0.15) is 26.3 Å². The first-order valence-electron chi connectivity index (χ1n) is 13.0. The van der Waals surface area contributed by atoms with E-state index in [-0.39, 0.29) is 35.5 Å². The number of allylic oxidation sites excluding steroid dienone is 3. The predicted molar refractivity (Wildman–Crippen MR) is 146 cm³/mol. The van der Waals surface area contributed by atoms with Crippen molar-refractivity contribution in [3.8, 4) is 0 Å². The third kappa shape index (κ3) is 4.06. The summed E-state index contributed by atoms with van der Waals surface area (Å²) in [4.78, 5) is 18.2.